The van der Waals surface area contributed by atoms with Gasteiger partial charge in [-0.3, -0.25) is 15.8 Å². The lowest BCUT2D eigenvalue weighted by atomic mass is 9.77. The van der Waals surface area contributed by atoms with E-state index >= 15 is 0 Å². The van der Waals surface area contributed by atoms with E-state index in [0.29, 0.717) is 18.5 Å². The SMILES string of the molecule is NCC1CCC(CC2(N)NC(=NCc3cc(F)ccc3C(F)(F)F)NC=C2[N+](=O)[O-])CC1. The van der Waals surface area contributed by atoms with Gasteiger partial charge in [-0.05, 0) is 74.2 Å². The molecule has 0 radical (unpaired) electrons. The van der Waals surface area contributed by atoms with Gasteiger partial charge in [0.2, 0.25) is 0 Å². The number of hydrogen-bond donors (Lipinski definition) is 4. The lowest BCUT2D eigenvalue weighted by molar-refractivity contribution is -0.437. The Labute approximate surface area is 182 Å². The van der Waals surface area contributed by atoms with Gasteiger partial charge in [0.1, 0.15) is 5.82 Å². The van der Waals surface area contributed by atoms with Crippen LogP contribution in [0.5, 0.6) is 0 Å². The van der Waals surface area contributed by atoms with Crippen molar-refractivity contribution in [2.24, 2.45) is 28.3 Å². The molecule has 1 heterocycles. The number of guanidine groups is 1. The molecular weight excluding hydrogens is 432 g/mol. The minimum atomic E-state index is -4.67. The van der Waals surface area contributed by atoms with Gasteiger partial charge in [-0.25, -0.2) is 9.38 Å². The van der Waals surface area contributed by atoms with Crippen LogP contribution in [0.4, 0.5) is 17.6 Å². The lowest BCUT2D eigenvalue weighted by Gasteiger charge is -2.37. The third-order valence-electron chi connectivity index (χ3n) is 6.03. The van der Waals surface area contributed by atoms with Crippen LogP contribution in [0.25, 0.3) is 0 Å². The Bertz CT molecular complexity index is 912. The average molecular weight is 458 g/mol. The van der Waals surface area contributed by atoms with E-state index in [-0.39, 0.29) is 29.6 Å². The zero-order valence-electron chi connectivity index (χ0n) is 17.3. The highest BCUT2D eigenvalue weighted by Gasteiger charge is 2.44. The topological polar surface area (TPSA) is 132 Å². The third kappa shape index (κ3) is 5.54. The smallest absolute Gasteiger partial charge is 0.330 e. The molecule has 1 saturated carbocycles. The summed E-state index contributed by atoms with van der Waals surface area (Å²) in [5.41, 5.74) is 8.88. The number of rotatable bonds is 6. The van der Waals surface area contributed by atoms with E-state index in [9.17, 15) is 27.7 Å². The first-order valence-corrected chi connectivity index (χ1v) is 10.3. The van der Waals surface area contributed by atoms with E-state index < -0.39 is 34.7 Å². The Morgan fingerprint density at radius 3 is 2.47 bits per heavy atom. The molecule has 1 aromatic rings. The maximum Gasteiger partial charge on any atom is 0.416 e. The molecule has 0 aromatic heterocycles. The summed E-state index contributed by atoms with van der Waals surface area (Å²) in [5.74, 6) is -0.295. The molecule has 0 spiro atoms. The Hall–Kier alpha value is -2.73. The standard InChI is InChI=1S/C20H26F4N6O2/c21-15-5-6-16(20(22,23)24)14(7-15)10-27-18-28-11-17(30(31)32)19(26,29-18)8-12-1-3-13(9-25)4-2-12/h5-7,11-13H,1-4,8-10,25-26H2,(H2,27,28,29). The molecule has 176 valence electrons. The third-order valence-corrected chi connectivity index (χ3v) is 6.03. The summed E-state index contributed by atoms with van der Waals surface area (Å²) >= 11 is 0. The second-order valence-electron chi connectivity index (χ2n) is 8.32. The number of alkyl halides is 3. The van der Waals surface area contributed by atoms with Gasteiger partial charge >= 0.3 is 11.9 Å². The zero-order valence-corrected chi connectivity index (χ0v) is 17.3. The fourth-order valence-corrected chi connectivity index (χ4v) is 4.29. The van der Waals surface area contributed by atoms with Gasteiger partial charge in [0, 0.05) is 0 Å². The van der Waals surface area contributed by atoms with Crippen LogP contribution in [-0.2, 0) is 12.7 Å². The summed E-state index contributed by atoms with van der Waals surface area (Å²) in [4.78, 5) is 15.0. The molecular formula is C20H26F4N6O2. The molecule has 1 aliphatic heterocycles. The van der Waals surface area contributed by atoms with Crippen molar-refractivity contribution in [2.45, 2.75) is 50.5 Å². The minimum absolute atomic E-state index is 0.0221. The van der Waals surface area contributed by atoms with Crippen molar-refractivity contribution in [3.8, 4) is 0 Å². The number of aliphatic imine (C=N–C) groups is 1. The van der Waals surface area contributed by atoms with Crippen molar-refractivity contribution in [1.82, 2.24) is 10.6 Å². The number of nitrogens with zero attached hydrogens (tertiary/aromatic N) is 2. The maximum absolute atomic E-state index is 13.5. The molecule has 32 heavy (non-hydrogen) atoms. The molecule has 1 fully saturated rings. The van der Waals surface area contributed by atoms with Gasteiger partial charge in [0.15, 0.2) is 11.6 Å². The van der Waals surface area contributed by atoms with Crippen LogP contribution in [0, 0.1) is 27.8 Å². The first-order valence-electron chi connectivity index (χ1n) is 10.3. The molecule has 0 saturated heterocycles. The van der Waals surface area contributed by atoms with E-state index in [0.717, 1.165) is 44.0 Å². The van der Waals surface area contributed by atoms with Crippen LogP contribution in [-0.4, -0.2) is 23.1 Å². The minimum Gasteiger partial charge on any atom is -0.330 e. The van der Waals surface area contributed by atoms with Crippen LogP contribution >= 0.6 is 0 Å². The fourth-order valence-electron chi connectivity index (χ4n) is 4.29. The number of nitro groups is 1. The fraction of sp³-hybridized carbons (Fsp3) is 0.550. The molecule has 1 unspecified atom stereocenters. The van der Waals surface area contributed by atoms with Crippen LogP contribution in [0.3, 0.4) is 0 Å². The molecule has 8 nitrogen and oxygen atoms in total. The lowest BCUT2D eigenvalue weighted by Crippen LogP contribution is -2.64. The number of benzene rings is 1. The second kappa shape index (κ2) is 9.41. The van der Waals surface area contributed by atoms with Crippen molar-refractivity contribution >= 4 is 5.96 Å². The molecule has 0 bridgehead atoms. The average Bonchev–Trinajstić information content (AvgIpc) is 2.71. The Kier molecular flexibility index (Phi) is 7.03. The zero-order chi connectivity index (χ0) is 23.5. The maximum atomic E-state index is 13.5. The molecule has 1 aromatic carbocycles. The van der Waals surface area contributed by atoms with Crippen molar-refractivity contribution in [2.75, 3.05) is 6.54 Å². The molecule has 1 atom stereocenters. The highest BCUT2D eigenvalue weighted by atomic mass is 19.4. The summed E-state index contributed by atoms with van der Waals surface area (Å²) in [7, 11) is 0. The Morgan fingerprint density at radius 1 is 1.22 bits per heavy atom. The van der Waals surface area contributed by atoms with E-state index in [4.69, 9.17) is 11.5 Å². The summed E-state index contributed by atoms with van der Waals surface area (Å²) in [6.07, 6.45) is 0.150. The van der Waals surface area contributed by atoms with Crippen molar-refractivity contribution in [1.29, 1.82) is 0 Å². The Balaban J connectivity index is 1.79. The number of nitrogens with one attached hydrogen (secondary N) is 2. The van der Waals surface area contributed by atoms with Gasteiger partial charge in [0.05, 0.1) is 23.2 Å². The number of halogens is 4. The Morgan fingerprint density at radius 2 is 1.88 bits per heavy atom. The number of hydrogen-bond acceptors (Lipinski definition) is 5. The van der Waals surface area contributed by atoms with E-state index in [2.05, 4.69) is 15.6 Å². The summed E-state index contributed by atoms with van der Waals surface area (Å²) in [5, 5.41) is 16.9. The van der Waals surface area contributed by atoms with Gasteiger partial charge in [-0.1, -0.05) is 0 Å². The van der Waals surface area contributed by atoms with Crippen LogP contribution in [0.1, 0.15) is 43.2 Å². The van der Waals surface area contributed by atoms with Crippen molar-refractivity contribution in [3.05, 3.63) is 57.2 Å². The van der Waals surface area contributed by atoms with E-state index in [1.165, 1.54) is 0 Å². The van der Waals surface area contributed by atoms with Crippen LogP contribution < -0.4 is 22.1 Å². The molecule has 12 heteroatoms. The van der Waals surface area contributed by atoms with Crippen molar-refractivity contribution < 1.29 is 22.5 Å². The van der Waals surface area contributed by atoms with Crippen molar-refractivity contribution in [3.63, 3.8) is 0 Å². The van der Waals surface area contributed by atoms with Gasteiger partial charge in [0.25, 0.3) is 0 Å². The normalized spacial score (nSPS) is 27.4. The first kappa shape index (κ1) is 23.9. The molecule has 3 rings (SSSR count). The molecule has 0 amide bonds. The predicted octanol–water partition coefficient (Wildman–Crippen LogP) is 2.82. The second-order valence-corrected chi connectivity index (χ2v) is 8.32. The largest absolute Gasteiger partial charge is 0.416 e. The summed E-state index contributed by atoms with van der Waals surface area (Å²) in [6.45, 7) is 0.0980. The highest BCUT2D eigenvalue weighted by molar-refractivity contribution is 5.83. The van der Waals surface area contributed by atoms with Crippen LogP contribution in [0.15, 0.2) is 35.1 Å². The summed E-state index contributed by atoms with van der Waals surface area (Å²) in [6, 6.07) is 2.15. The van der Waals surface area contributed by atoms with Gasteiger partial charge in [-0.15, -0.1) is 0 Å². The van der Waals surface area contributed by atoms with Crippen LogP contribution in [0.2, 0.25) is 0 Å². The monoisotopic (exact) mass is 458 g/mol. The quantitative estimate of drug-likeness (QED) is 0.295. The summed E-state index contributed by atoms with van der Waals surface area (Å²) < 4.78 is 53.1. The van der Waals surface area contributed by atoms with E-state index in [1.54, 1.807) is 0 Å². The molecule has 1 aliphatic carbocycles. The first-order chi connectivity index (χ1) is 15.0. The molecule has 2 aliphatic rings. The predicted molar refractivity (Wildman–Crippen MR) is 110 cm³/mol. The van der Waals surface area contributed by atoms with E-state index in [1.807, 2.05) is 0 Å². The number of nitrogens with two attached hydrogens (primary N) is 2. The van der Waals surface area contributed by atoms with Gasteiger partial charge < -0.3 is 16.4 Å². The molecule has 6 N–H and O–H groups in total. The highest BCUT2D eigenvalue weighted by Crippen LogP contribution is 2.35. The van der Waals surface area contributed by atoms with Gasteiger partial charge in [-0.2, -0.15) is 13.2 Å².